The zero-order valence-corrected chi connectivity index (χ0v) is 24.6. The molecule has 6 nitrogen and oxygen atoms in total. The summed E-state index contributed by atoms with van der Waals surface area (Å²) >= 11 is 0. The molecule has 214 valence electrons. The van der Waals surface area contributed by atoms with Gasteiger partial charge < -0.3 is 19.3 Å². The van der Waals surface area contributed by atoms with Gasteiger partial charge in [-0.25, -0.2) is 9.59 Å². The molecule has 0 heterocycles. The molecule has 0 aliphatic heterocycles. The monoisotopic (exact) mass is 544 g/mol. The Bertz CT molecular complexity index is 1310. The fourth-order valence-corrected chi connectivity index (χ4v) is 5.61. The van der Waals surface area contributed by atoms with E-state index in [0.717, 1.165) is 98.0 Å². The topological polar surface area (TPSA) is 59.1 Å². The Balaban J connectivity index is 1.42. The summed E-state index contributed by atoms with van der Waals surface area (Å²) in [6.07, 6.45) is 3.73. The van der Waals surface area contributed by atoms with Gasteiger partial charge in [0.25, 0.3) is 0 Å². The fraction of sp³-hybridized carbons (Fsp3) is 0.471. The van der Waals surface area contributed by atoms with Gasteiger partial charge in [0.15, 0.2) is 0 Å². The van der Waals surface area contributed by atoms with Gasteiger partial charge in [-0.2, -0.15) is 0 Å². The lowest BCUT2D eigenvalue weighted by Gasteiger charge is -2.17. The number of nitrogens with zero attached hydrogens (tertiary/aromatic N) is 2. The number of esters is 2. The van der Waals surface area contributed by atoms with Gasteiger partial charge in [0.05, 0.1) is 24.3 Å². The zero-order chi connectivity index (χ0) is 28.5. The van der Waals surface area contributed by atoms with Crippen LogP contribution in [0.15, 0.2) is 48.5 Å². The van der Waals surface area contributed by atoms with Crippen molar-refractivity contribution in [3.63, 3.8) is 0 Å². The lowest BCUT2D eigenvalue weighted by atomic mass is 9.98. The van der Waals surface area contributed by atoms with Crippen LogP contribution in [0.1, 0.15) is 74.1 Å². The summed E-state index contributed by atoms with van der Waals surface area (Å²) in [6, 6.07) is 15.7. The summed E-state index contributed by atoms with van der Waals surface area (Å²) in [6.45, 7) is 15.7. The first-order chi connectivity index (χ1) is 19.5. The van der Waals surface area contributed by atoms with Crippen molar-refractivity contribution in [2.45, 2.75) is 53.4 Å². The largest absolute Gasteiger partial charge is 0.462 e. The number of carbonyl (C=O) groups excluding carboxylic acids is 2. The standard InChI is InChI=1S/C34H44N2O4/c1-5-35(6-2)20-9-11-22-39-33(37)25-16-17-26-27-14-13-15-28-30(19-18-29(32(27)28)31(26)24-25)34(38)40-23-12-10-21-36(7-3)8-4/h13-19,24H,5-12,20-23H2,1-4H3. The van der Waals surface area contributed by atoms with Gasteiger partial charge in [-0.3, -0.25) is 0 Å². The molecule has 0 unspecified atom stereocenters. The lowest BCUT2D eigenvalue weighted by Crippen LogP contribution is -2.24. The SMILES string of the molecule is CCN(CC)CCCCOC(=O)c1ccc2c(c1)-c1ccc(C(=O)OCCCCN(CC)CC)c3cccc-2c13. The molecule has 0 amide bonds. The summed E-state index contributed by atoms with van der Waals surface area (Å²) in [5.41, 5.74) is 5.31. The van der Waals surface area contributed by atoms with E-state index in [-0.39, 0.29) is 11.9 Å². The van der Waals surface area contributed by atoms with E-state index in [4.69, 9.17) is 9.47 Å². The van der Waals surface area contributed by atoms with E-state index in [1.807, 2.05) is 42.5 Å². The van der Waals surface area contributed by atoms with Crippen LogP contribution in [0.3, 0.4) is 0 Å². The first-order valence-electron chi connectivity index (χ1n) is 15.0. The molecule has 0 atom stereocenters. The number of ether oxygens (including phenoxy) is 2. The van der Waals surface area contributed by atoms with Crippen LogP contribution in [-0.4, -0.2) is 74.2 Å². The van der Waals surface area contributed by atoms with Gasteiger partial charge in [-0.15, -0.1) is 0 Å². The van der Waals surface area contributed by atoms with Crippen LogP contribution in [0, 0.1) is 0 Å². The van der Waals surface area contributed by atoms with E-state index in [0.29, 0.717) is 24.3 Å². The van der Waals surface area contributed by atoms with Crippen LogP contribution in [0.2, 0.25) is 0 Å². The quantitative estimate of drug-likeness (QED) is 0.111. The normalized spacial score (nSPS) is 11.8. The van der Waals surface area contributed by atoms with E-state index >= 15 is 0 Å². The molecule has 0 spiro atoms. The molecule has 3 aromatic rings. The summed E-state index contributed by atoms with van der Waals surface area (Å²) in [4.78, 5) is 30.6. The van der Waals surface area contributed by atoms with E-state index in [1.54, 1.807) is 0 Å². The third kappa shape index (κ3) is 6.73. The third-order valence-corrected chi connectivity index (χ3v) is 8.09. The number of hydrogen-bond donors (Lipinski definition) is 0. The second kappa shape index (κ2) is 14.4. The van der Waals surface area contributed by atoms with Crippen molar-refractivity contribution in [1.29, 1.82) is 0 Å². The molecule has 6 heteroatoms. The highest BCUT2D eigenvalue weighted by molar-refractivity contribution is 6.20. The molecule has 0 N–H and O–H groups in total. The van der Waals surface area contributed by atoms with Crippen molar-refractivity contribution in [1.82, 2.24) is 9.80 Å². The molecule has 0 aromatic heterocycles. The van der Waals surface area contributed by atoms with E-state index in [2.05, 4.69) is 43.6 Å². The second-order valence-electron chi connectivity index (χ2n) is 10.4. The Morgan fingerprint density at radius 1 is 0.625 bits per heavy atom. The molecule has 0 bridgehead atoms. The number of rotatable bonds is 16. The first-order valence-corrected chi connectivity index (χ1v) is 15.0. The van der Waals surface area contributed by atoms with Gasteiger partial charge in [-0.1, -0.05) is 58.0 Å². The molecule has 1 aliphatic carbocycles. The average molecular weight is 545 g/mol. The van der Waals surface area contributed by atoms with Crippen LogP contribution in [-0.2, 0) is 9.47 Å². The minimum absolute atomic E-state index is 0.284. The first kappa shape index (κ1) is 29.8. The lowest BCUT2D eigenvalue weighted by molar-refractivity contribution is 0.0487. The van der Waals surface area contributed by atoms with Gasteiger partial charge >= 0.3 is 11.9 Å². The average Bonchev–Trinajstić information content (AvgIpc) is 3.31. The number of carbonyl (C=O) groups is 2. The van der Waals surface area contributed by atoms with E-state index in [9.17, 15) is 9.59 Å². The molecule has 40 heavy (non-hydrogen) atoms. The van der Waals surface area contributed by atoms with Gasteiger partial charge in [-0.05, 0) is 116 Å². The minimum Gasteiger partial charge on any atom is -0.462 e. The maximum absolute atomic E-state index is 13.0. The summed E-state index contributed by atoms with van der Waals surface area (Å²) < 4.78 is 11.3. The Kier molecular flexibility index (Phi) is 10.7. The van der Waals surface area contributed by atoms with Crippen LogP contribution in [0.25, 0.3) is 33.0 Å². The fourth-order valence-electron chi connectivity index (χ4n) is 5.61. The van der Waals surface area contributed by atoms with Gasteiger partial charge in [0.2, 0.25) is 0 Å². The summed E-state index contributed by atoms with van der Waals surface area (Å²) in [5.74, 6) is -0.577. The number of fused-ring (bicyclic) bond motifs is 3. The predicted molar refractivity (Wildman–Crippen MR) is 163 cm³/mol. The third-order valence-electron chi connectivity index (χ3n) is 8.09. The molecular formula is C34H44N2O4. The van der Waals surface area contributed by atoms with E-state index < -0.39 is 0 Å². The van der Waals surface area contributed by atoms with Crippen LogP contribution < -0.4 is 0 Å². The van der Waals surface area contributed by atoms with Crippen LogP contribution in [0.4, 0.5) is 0 Å². The van der Waals surface area contributed by atoms with Crippen molar-refractivity contribution in [2.24, 2.45) is 0 Å². The van der Waals surface area contributed by atoms with Crippen molar-refractivity contribution in [3.05, 3.63) is 59.7 Å². The molecule has 4 rings (SSSR count). The maximum atomic E-state index is 13.0. The Labute approximate surface area is 239 Å². The Morgan fingerprint density at radius 2 is 1.20 bits per heavy atom. The molecule has 1 aliphatic rings. The summed E-state index contributed by atoms with van der Waals surface area (Å²) in [5, 5.41) is 1.92. The highest BCUT2D eigenvalue weighted by Crippen LogP contribution is 2.48. The van der Waals surface area contributed by atoms with Crippen LogP contribution >= 0.6 is 0 Å². The predicted octanol–water partition coefficient (Wildman–Crippen LogP) is 7.04. The van der Waals surface area contributed by atoms with Crippen molar-refractivity contribution >= 4 is 22.7 Å². The van der Waals surface area contributed by atoms with E-state index in [1.165, 1.54) is 0 Å². The van der Waals surface area contributed by atoms with Crippen LogP contribution in [0.5, 0.6) is 0 Å². The molecule has 0 saturated heterocycles. The minimum atomic E-state index is -0.293. The molecular weight excluding hydrogens is 500 g/mol. The zero-order valence-electron chi connectivity index (χ0n) is 24.6. The van der Waals surface area contributed by atoms with Crippen molar-refractivity contribution in [3.8, 4) is 22.3 Å². The van der Waals surface area contributed by atoms with Gasteiger partial charge in [0, 0.05) is 0 Å². The Hall–Kier alpha value is -3.22. The number of unbranched alkanes of at least 4 members (excludes halogenated alkanes) is 2. The second-order valence-corrected chi connectivity index (χ2v) is 10.4. The number of benzene rings is 3. The highest BCUT2D eigenvalue weighted by atomic mass is 16.5. The smallest absolute Gasteiger partial charge is 0.338 e. The molecule has 0 radical (unpaired) electrons. The van der Waals surface area contributed by atoms with Crippen molar-refractivity contribution in [2.75, 3.05) is 52.5 Å². The number of hydrogen-bond acceptors (Lipinski definition) is 6. The highest BCUT2D eigenvalue weighted by Gasteiger charge is 2.25. The molecule has 0 fully saturated rings. The van der Waals surface area contributed by atoms with Crippen molar-refractivity contribution < 1.29 is 19.1 Å². The van der Waals surface area contributed by atoms with Gasteiger partial charge in [0.1, 0.15) is 0 Å². The maximum Gasteiger partial charge on any atom is 0.338 e. The molecule has 3 aromatic carbocycles. The Morgan fingerprint density at radius 3 is 1.82 bits per heavy atom. The summed E-state index contributed by atoms with van der Waals surface area (Å²) in [7, 11) is 0. The molecule has 0 saturated carbocycles.